The summed E-state index contributed by atoms with van der Waals surface area (Å²) in [7, 11) is 1.36. The number of rotatable bonds is 16. The van der Waals surface area contributed by atoms with Gasteiger partial charge in [-0.3, -0.25) is 14.7 Å². The van der Waals surface area contributed by atoms with E-state index < -0.39 is 0 Å². The van der Waals surface area contributed by atoms with Gasteiger partial charge in [0.2, 0.25) is 5.95 Å². The summed E-state index contributed by atoms with van der Waals surface area (Å²) in [4.78, 5) is 29.8. The van der Waals surface area contributed by atoms with Crippen molar-refractivity contribution in [1.82, 2.24) is 14.9 Å². The van der Waals surface area contributed by atoms with Gasteiger partial charge in [0.05, 0.1) is 45.6 Å². The van der Waals surface area contributed by atoms with Crippen molar-refractivity contribution >= 4 is 35.5 Å². The van der Waals surface area contributed by atoms with E-state index in [4.69, 9.17) is 25.3 Å². The van der Waals surface area contributed by atoms with Crippen molar-refractivity contribution in [2.45, 2.75) is 52.1 Å². The average molecular weight is 626 g/mol. The third kappa shape index (κ3) is 13.4. The van der Waals surface area contributed by atoms with Gasteiger partial charge in [0.25, 0.3) is 0 Å². The number of aromatic nitrogens is 2. The summed E-state index contributed by atoms with van der Waals surface area (Å²) >= 11 is 0. The van der Waals surface area contributed by atoms with Gasteiger partial charge in [0.1, 0.15) is 11.6 Å². The number of benzene rings is 1. The second-order valence-electron chi connectivity index (χ2n) is 10.5. The van der Waals surface area contributed by atoms with Gasteiger partial charge in [-0.1, -0.05) is 44.2 Å². The molecule has 0 amide bonds. The molecule has 0 spiro atoms. The highest BCUT2D eigenvalue weighted by Crippen LogP contribution is 2.23. The number of anilines is 3. The topological polar surface area (TPSA) is 152 Å². The van der Waals surface area contributed by atoms with E-state index in [-0.39, 0.29) is 12.4 Å². The molecule has 3 heterocycles. The van der Waals surface area contributed by atoms with Crippen LogP contribution in [0.5, 0.6) is 0 Å². The third-order valence-electron chi connectivity index (χ3n) is 7.32. The van der Waals surface area contributed by atoms with Gasteiger partial charge in [0.15, 0.2) is 0 Å². The predicted octanol–water partition coefficient (Wildman–Crippen LogP) is 3.18. The van der Waals surface area contributed by atoms with Crippen LogP contribution in [0.4, 0.5) is 17.6 Å². The molecule has 248 valence electrons. The fourth-order valence-corrected chi connectivity index (χ4v) is 4.91. The molecule has 2 aromatic rings. The van der Waals surface area contributed by atoms with E-state index in [9.17, 15) is 4.79 Å². The van der Waals surface area contributed by atoms with E-state index in [1.165, 1.54) is 12.7 Å². The molecule has 0 saturated carbocycles. The number of aliphatic imine (C=N–C) groups is 1. The fourth-order valence-electron chi connectivity index (χ4n) is 4.91. The molecule has 2 aliphatic heterocycles. The summed E-state index contributed by atoms with van der Waals surface area (Å²) in [6.07, 6.45) is 4.70. The van der Waals surface area contributed by atoms with Crippen LogP contribution in [0, 0.1) is 0 Å². The lowest BCUT2D eigenvalue weighted by Crippen LogP contribution is -2.39. The molecule has 13 heteroatoms. The zero-order chi connectivity index (χ0) is 32.1. The maximum Gasteiger partial charge on any atom is 0.307 e. The lowest BCUT2D eigenvalue weighted by atomic mass is 10.0. The van der Waals surface area contributed by atoms with Crippen LogP contribution in [0.25, 0.3) is 0 Å². The van der Waals surface area contributed by atoms with E-state index >= 15 is 0 Å². The number of likely N-dealkylation sites (tertiary alicyclic amines) is 1. The zero-order valence-electron chi connectivity index (χ0n) is 27.1. The smallest absolute Gasteiger partial charge is 0.307 e. The van der Waals surface area contributed by atoms with Crippen molar-refractivity contribution in [3.8, 4) is 0 Å². The number of nitrogens with two attached hydrogens (primary N) is 1. The third-order valence-corrected chi connectivity index (χ3v) is 7.32. The molecule has 2 fully saturated rings. The van der Waals surface area contributed by atoms with Gasteiger partial charge in [-0.2, -0.15) is 15.1 Å². The van der Waals surface area contributed by atoms with Crippen molar-refractivity contribution in [3.05, 3.63) is 42.0 Å². The Balaban J connectivity index is 0.00000271. The second-order valence-corrected chi connectivity index (χ2v) is 10.5. The molecule has 2 aliphatic rings. The zero-order valence-corrected chi connectivity index (χ0v) is 27.1. The maximum absolute atomic E-state index is 11.1. The monoisotopic (exact) mass is 625 g/mol. The minimum atomic E-state index is -0.281. The second kappa shape index (κ2) is 21.0. The van der Waals surface area contributed by atoms with Gasteiger partial charge in [-0.25, -0.2) is 0 Å². The number of hydrogen-bond acceptors (Lipinski definition) is 13. The highest BCUT2D eigenvalue weighted by atomic mass is 16.5. The van der Waals surface area contributed by atoms with Gasteiger partial charge >= 0.3 is 5.97 Å². The molecule has 0 bridgehead atoms. The first-order valence-corrected chi connectivity index (χ1v) is 16.0. The largest absolute Gasteiger partial charge is 0.469 e. The molecular weight excluding hydrogens is 574 g/mol. The Kier molecular flexibility index (Phi) is 16.7. The minimum absolute atomic E-state index is 0.246. The number of carbonyl (C=O) groups is 1. The molecule has 0 unspecified atom stereocenters. The van der Waals surface area contributed by atoms with E-state index in [1.807, 2.05) is 19.9 Å². The Morgan fingerprint density at radius 2 is 1.87 bits per heavy atom. The summed E-state index contributed by atoms with van der Waals surface area (Å²) < 4.78 is 15.6. The van der Waals surface area contributed by atoms with Crippen LogP contribution in [0.15, 0.2) is 46.5 Å². The first-order valence-electron chi connectivity index (χ1n) is 16.0. The molecule has 0 atom stereocenters. The van der Waals surface area contributed by atoms with Gasteiger partial charge in [-0.15, -0.1) is 0 Å². The molecule has 13 nitrogen and oxygen atoms in total. The normalized spacial score (nSPS) is 16.2. The number of nitrogens with one attached hydrogen (secondary N) is 2. The molecular formula is C32H51N9O4. The standard InChI is InChI=1S/C30H45N9O4.C2H6/c1-41-29(40)10-17-42-16-5-11-32-21-26(37-31)22-33-30-35-27(20-28(36-30)39-14-18-43-19-15-39)34-25-8-12-38(13-9-25)23-24-6-3-2-4-7-24;1-2/h2-4,6-7,20-21,25H,5,8-19,22-23,31H2,1H3,(H2,33,34,35,36);1-2H3/b32-21?,37-26+;. The molecule has 0 aliphatic carbocycles. The lowest BCUT2D eigenvalue weighted by Gasteiger charge is -2.33. The number of piperidine rings is 1. The Bertz CT molecular complexity index is 1170. The van der Waals surface area contributed by atoms with Crippen LogP contribution < -0.4 is 21.4 Å². The van der Waals surface area contributed by atoms with Crippen LogP contribution >= 0.6 is 0 Å². The molecule has 0 radical (unpaired) electrons. The number of hydrogen-bond donors (Lipinski definition) is 3. The number of esters is 1. The summed E-state index contributed by atoms with van der Waals surface area (Å²) in [5.41, 5.74) is 1.93. The highest BCUT2D eigenvalue weighted by Gasteiger charge is 2.21. The number of hydrazone groups is 1. The Morgan fingerprint density at radius 3 is 2.58 bits per heavy atom. The molecule has 2 saturated heterocycles. The van der Waals surface area contributed by atoms with Crippen LogP contribution in [0.2, 0.25) is 0 Å². The Hall–Kier alpha value is -3.81. The van der Waals surface area contributed by atoms with Crippen LogP contribution in [0.3, 0.4) is 0 Å². The van der Waals surface area contributed by atoms with Crippen molar-refractivity contribution in [2.75, 3.05) is 88.3 Å². The number of nitrogens with zero attached hydrogens (tertiary/aromatic N) is 6. The molecule has 1 aromatic heterocycles. The lowest BCUT2D eigenvalue weighted by molar-refractivity contribution is -0.141. The molecule has 4 N–H and O–H groups in total. The first kappa shape index (κ1) is 35.7. The van der Waals surface area contributed by atoms with Gasteiger partial charge < -0.3 is 35.6 Å². The Labute approximate surface area is 267 Å². The SMILES string of the molecule is CC.COC(=O)CCOCCCN=C/C(CNc1nc(NC2CCN(Cc3ccccc3)CC2)cc(N2CCOCC2)n1)=N\N. The summed E-state index contributed by atoms with van der Waals surface area (Å²) in [6, 6.07) is 13.0. The van der Waals surface area contributed by atoms with Gasteiger partial charge in [0, 0.05) is 64.2 Å². The van der Waals surface area contributed by atoms with Crippen molar-refractivity contribution in [3.63, 3.8) is 0 Å². The van der Waals surface area contributed by atoms with Crippen molar-refractivity contribution in [2.24, 2.45) is 15.9 Å². The average Bonchev–Trinajstić information content (AvgIpc) is 3.09. The minimum Gasteiger partial charge on any atom is -0.469 e. The number of methoxy groups -OCH3 is 1. The number of carbonyl (C=O) groups excluding carboxylic acids is 1. The van der Waals surface area contributed by atoms with E-state index in [2.05, 4.69) is 65.6 Å². The number of morpholine rings is 1. The van der Waals surface area contributed by atoms with Gasteiger partial charge in [-0.05, 0) is 24.8 Å². The first-order chi connectivity index (χ1) is 22.1. The predicted molar refractivity (Wildman–Crippen MR) is 180 cm³/mol. The molecule has 45 heavy (non-hydrogen) atoms. The van der Waals surface area contributed by atoms with Crippen molar-refractivity contribution in [1.29, 1.82) is 0 Å². The molecule has 4 rings (SSSR count). The summed E-state index contributed by atoms with van der Waals surface area (Å²) in [5, 5.41) is 10.8. The summed E-state index contributed by atoms with van der Waals surface area (Å²) in [5.74, 6) is 7.51. The van der Waals surface area contributed by atoms with Crippen LogP contribution in [-0.4, -0.2) is 112 Å². The molecule has 1 aromatic carbocycles. The number of ether oxygens (including phenoxy) is 3. The van der Waals surface area contributed by atoms with Crippen LogP contribution in [-0.2, 0) is 25.5 Å². The highest BCUT2D eigenvalue weighted by molar-refractivity contribution is 6.32. The van der Waals surface area contributed by atoms with E-state index in [0.29, 0.717) is 63.6 Å². The van der Waals surface area contributed by atoms with Crippen molar-refractivity contribution < 1.29 is 19.0 Å². The van der Waals surface area contributed by atoms with E-state index in [0.717, 1.165) is 57.2 Å². The van der Waals surface area contributed by atoms with E-state index in [1.54, 1.807) is 6.21 Å². The van der Waals surface area contributed by atoms with Crippen LogP contribution in [0.1, 0.15) is 45.1 Å². The quantitative estimate of drug-likeness (QED) is 0.0829. The Morgan fingerprint density at radius 1 is 1.11 bits per heavy atom. The maximum atomic E-state index is 11.1. The summed E-state index contributed by atoms with van der Waals surface area (Å²) in [6.45, 7) is 11.7. The fraction of sp³-hybridized carbons (Fsp3) is 0.594.